The minimum atomic E-state index is -0.826. The average molecular weight is 990 g/mol. The first-order valence-corrected chi connectivity index (χ1v) is 23.2. The monoisotopic (exact) mass is 988 g/mol. The van der Waals surface area contributed by atoms with Crippen LogP contribution in [0.25, 0.3) is 0 Å². The Labute approximate surface area is 402 Å². The lowest BCUT2D eigenvalue weighted by Gasteiger charge is -2.27. The Morgan fingerprint density at radius 1 is 0.687 bits per heavy atom. The summed E-state index contributed by atoms with van der Waals surface area (Å²) in [6.07, 6.45) is 7.90. The zero-order valence-electron chi connectivity index (χ0n) is 35.8. The fourth-order valence-electron chi connectivity index (χ4n) is 7.59. The van der Waals surface area contributed by atoms with E-state index >= 15 is 0 Å². The SMILES string of the molecule is NC(=O)c1c(CC(=O)Cc2ccc(Cl)cc2F)sc2c1CCN(C(=O)Cc1cccnc1)C2.NC(=O)c1c(CC(=O)Cc2ccc(Cl)cc2F)sc2c1CCNC2.O=C(O)Cc1cccnc1. The van der Waals surface area contributed by atoms with Gasteiger partial charge in [0.05, 0.1) is 30.5 Å². The zero-order chi connectivity index (χ0) is 48.2. The van der Waals surface area contributed by atoms with Crippen LogP contribution in [0.5, 0.6) is 0 Å². The summed E-state index contributed by atoms with van der Waals surface area (Å²) in [5, 5.41) is 12.1. The number of carbonyl (C=O) groups is 6. The minimum absolute atomic E-state index is 0.0262. The van der Waals surface area contributed by atoms with Gasteiger partial charge in [-0.25, -0.2) is 8.78 Å². The van der Waals surface area contributed by atoms with Crippen molar-refractivity contribution in [1.29, 1.82) is 0 Å². The molecule has 0 fully saturated rings. The van der Waals surface area contributed by atoms with Crippen molar-refractivity contribution in [2.24, 2.45) is 11.5 Å². The molecule has 4 aromatic heterocycles. The first kappa shape index (κ1) is 50.2. The number of carboxylic acids is 1. The molecule has 3 amide bonds. The smallest absolute Gasteiger partial charge is 0.307 e. The number of aromatic nitrogens is 2. The van der Waals surface area contributed by atoms with E-state index < -0.39 is 29.4 Å². The fraction of sp³-hybridized carbons (Fsp3) is 0.250. The molecule has 2 aromatic carbocycles. The van der Waals surface area contributed by atoms with Gasteiger partial charge in [0.2, 0.25) is 17.7 Å². The van der Waals surface area contributed by atoms with E-state index in [0.717, 1.165) is 45.0 Å². The minimum Gasteiger partial charge on any atom is -0.481 e. The first-order chi connectivity index (χ1) is 32.1. The second-order valence-electron chi connectivity index (χ2n) is 15.6. The Morgan fingerprint density at radius 3 is 1.67 bits per heavy atom. The second kappa shape index (κ2) is 23.5. The Kier molecular flexibility index (Phi) is 17.6. The van der Waals surface area contributed by atoms with Crippen LogP contribution in [0, 0.1) is 11.6 Å². The van der Waals surface area contributed by atoms with Crippen molar-refractivity contribution in [3.63, 3.8) is 0 Å². The van der Waals surface area contributed by atoms with E-state index in [2.05, 4.69) is 15.3 Å². The molecule has 19 heteroatoms. The zero-order valence-corrected chi connectivity index (χ0v) is 38.9. The molecule has 0 aliphatic carbocycles. The van der Waals surface area contributed by atoms with Crippen molar-refractivity contribution in [3.8, 4) is 0 Å². The van der Waals surface area contributed by atoms with Gasteiger partial charge in [-0.1, -0.05) is 47.5 Å². The normalized spacial score (nSPS) is 12.6. The van der Waals surface area contributed by atoms with Crippen molar-refractivity contribution in [2.75, 3.05) is 13.1 Å². The number of carboxylic acid groups (broad SMARTS) is 1. The number of carbonyl (C=O) groups excluding carboxylic acids is 5. The number of fused-ring (bicyclic) bond motifs is 2. The number of nitrogens with one attached hydrogen (secondary N) is 1. The number of hydrogen-bond donors (Lipinski definition) is 4. The van der Waals surface area contributed by atoms with Gasteiger partial charge >= 0.3 is 5.97 Å². The summed E-state index contributed by atoms with van der Waals surface area (Å²) in [4.78, 5) is 84.6. The van der Waals surface area contributed by atoms with Gasteiger partial charge in [0.1, 0.15) is 23.2 Å². The van der Waals surface area contributed by atoms with Gasteiger partial charge < -0.3 is 26.8 Å². The molecule has 0 saturated heterocycles. The maximum atomic E-state index is 14.1. The van der Waals surface area contributed by atoms with Crippen LogP contribution in [0.15, 0.2) is 85.5 Å². The number of halogens is 4. The van der Waals surface area contributed by atoms with Crippen LogP contribution >= 0.6 is 45.9 Å². The molecule has 6 N–H and O–H groups in total. The number of primary amides is 2. The van der Waals surface area contributed by atoms with Gasteiger partial charge in [-0.15, -0.1) is 22.7 Å². The summed E-state index contributed by atoms with van der Waals surface area (Å²) in [5.74, 6) is -3.39. The number of ketones is 2. The molecule has 0 spiro atoms. The molecule has 67 heavy (non-hydrogen) atoms. The van der Waals surface area contributed by atoms with Crippen molar-refractivity contribution in [3.05, 3.63) is 171 Å². The van der Waals surface area contributed by atoms with Gasteiger partial charge in [0.25, 0.3) is 0 Å². The molecular formula is C48H44Cl2F2N6O7S2. The molecule has 0 unspecified atom stereocenters. The van der Waals surface area contributed by atoms with E-state index in [0.29, 0.717) is 52.5 Å². The predicted molar refractivity (Wildman–Crippen MR) is 251 cm³/mol. The molecule has 2 aliphatic rings. The molecule has 6 heterocycles. The number of benzene rings is 2. The molecule has 8 rings (SSSR count). The van der Waals surface area contributed by atoms with Crippen molar-refractivity contribution >= 4 is 81.1 Å². The lowest BCUT2D eigenvalue weighted by molar-refractivity contribution is -0.136. The van der Waals surface area contributed by atoms with E-state index in [1.54, 1.807) is 54.0 Å². The number of aliphatic carboxylic acids is 1. The van der Waals surface area contributed by atoms with Gasteiger partial charge in [0.15, 0.2) is 0 Å². The lowest BCUT2D eigenvalue weighted by atomic mass is 9.98. The molecule has 0 atom stereocenters. The van der Waals surface area contributed by atoms with Crippen molar-refractivity contribution in [2.45, 2.75) is 64.5 Å². The molecular weight excluding hydrogens is 946 g/mol. The van der Waals surface area contributed by atoms with Crippen LogP contribution in [-0.2, 0) is 83.6 Å². The summed E-state index contributed by atoms with van der Waals surface area (Å²) in [6.45, 7) is 2.29. The third-order valence-electron chi connectivity index (χ3n) is 10.7. The standard InChI is InChI=1S/C24H21ClFN3O3S.C17H16ClFN2O2S.C7H7NO2/c25-16-4-3-15(19(26)10-16)9-17(30)11-20-23(24(27)32)18-5-7-29(13-21(18)33-20)22(31)8-14-2-1-6-28-12-14;18-10-2-1-9(13(19)6-10)5-11(22)7-14-16(17(20)23)12-3-4-21-8-15(12)24-14;9-7(10)4-6-2-1-3-8-5-6/h1-4,6,10,12H,5,7-9,11,13H2,(H2,27,32);1-2,6,21H,3-5,7-8H2,(H2,20,23);1-3,5H,4H2,(H,9,10). The molecule has 6 aromatic rings. The Morgan fingerprint density at radius 2 is 1.19 bits per heavy atom. The number of nitrogens with zero attached hydrogens (tertiary/aromatic N) is 3. The van der Waals surface area contributed by atoms with E-state index in [9.17, 15) is 37.5 Å². The molecule has 0 bridgehead atoms. The Hall–Kier alpha value is -6.24. The number of hydrogen-bond acceptors (Lipinski definition) is 11. The van der Waals surface area contributed by atoms with Crippen molar-refractivity contribution < 1.29 is 42.7 Å². The number of pyridine rings is 2. The number of amides is 3. The highest BCUT2D eigenvalue weighted by Crippen LogP contribution is 2.35. The molecule has 348 valence electrons. The largest absolute Gasteiger partial charge is 0.481 e. The predicted octanol–water partition coefficient (Wildman–Crippen LogP) is 6.86. The summed E-state index contributed by atoms with van der Waals surface area (Å²) in [6, 6.07) is 15.5. The maximum Gasteiger partial charge on any atom is 0.307 e. The van der Waals surface area contributed by atoms with Gasteiger partial charge in [0, 0.05) is 93.1 Å². The van der Waals surface area contributed by atoms with E-state index in [4.69, 9.17) is 39.8 Å². The highest BCUT2D eigenvalue weighted by atomic mass is 35.5. The van der Waals surface area contributed by atoms with E-state index in [1.165, 1.54) is 53.0 Å². The van der Waals surface area contributed by atoms with Gasteiger partial charge in [-0.3, -0.25) is 38.7 Å². The highest BCUT2D eigenvalue weighted by molar-refractivity contribution is 7.13. The first-order valence-electron chi connectivity index (χ1n) is 20.8. The van der Waals surface area contributed by atoms with Crippen LogP contribution in [0.1, 0.15) is 73.6 Å². The lowest BCUT2D eigenvalue weighted by Crippen LogP contribution is -2.36. The third kappa shape index (κ3) is 13.9. The summed E-state index contributed by atoms with van der Waals surface area (Å²) < 4.78 is 27.9. The molecule has 0 radical (unpaired) electrons. The Balaban J connectivity index is 0.000000189. The summed E-state index contributed by atoms with van der Waals surface area (Å²) in [5.41, 5.74) is 15.9. The molecule has 0 saturated carbocycles. The third-order valence-corrected chi connectivity index (χ3v) is 13.6. The van der Waals surface area contributed by atoms with Gasteiger partial charge in [-0.2, -0.15) is 0 Å². The quantitative estimate of drug-likeness (QED) is 0.0889. The molecule has 13 nitrogen and oxygen atoms in total. The van der Waals surface area contributed by atoms with Gasteiger partial charge in [-0.05, 0) is 89.2 Å². The number of nitrogens with two attached hydrogens (primary N) is 2. The number of Topliss-reactive ketones (excluding diaryl/α,β-unsaturated/α-hetero) is 2. The topological polar surface area (TPSA) is 216 Å². The average Bonchev–Trinajstić information content (AvgIpc) is 3.84. The maximum absolute atomic E-state index is 14.1. The Bertz CT molecular complexity index is 2810. The van der Waals surface area contributed by atoms with E-state index in [-0.39, 0.29) is 71.6 Å². The highest BCUT2D eigenvalue weighted by Gasteiger charge is 2.30. The van der Waals surface area contributed by atoms with Crippen LogP contribution in [0.3, 0.4) is 0 Å². The summed E-state index contributed by atoms with van der Waals surface area (Å²) in [7, 11) is 0. The second-order valence-corrected chi connectivity index (χ2v) is 18.8. The van der Waals surface area contributed by atoms with Crippen LogP contribution in [-0.4, -0.2) is 68.3 Å². The van der Waals surface area contributed by atoms with Crippen LogP contribution in [0.4, 0.5) is 8.78 Å². The number of rotatable bonds is 14. The molecule has 2 aliphatic heterocycles. The van der Waals surface area contributed by atoms with Crippen LogP contribution < -0.4 is 16.8 Å². The number of thiophene rings is 2. The summed E-state index contributed by atoms with van der Waals surface area (Å²) >= 11 is 14.2. The van der Waals surface area contributed by atoms with E-state index in [1.807, 2.05) is 6.07 Å². The van der Waals surface area contributed by atoms with Crippen molar-refractivity contribution in [1.82, 2.24) is 20.2 Å². The van der Waals surface area contributed by atoms with Crippen LogP contribution in [0.2, 0.25) is 10.0 Å². The fourth-order valence-corrected chi connectivity index (χ4v) is 10.7.